The topological polar surface area (TPSA) is 85.8 Å². The predicted octanol–water partition coefficient (Wildman–Crippen LogP) is 6.84. The molecule has 5 aromatic rings. The van der Waals surface area contributed by atoms with Crippen molar-refractivity contribution in [1.29, 1.82) is 0 Å². The first kappa shape index (κ1) is 28.7. The number of rotatable bonds is 7. The molecule has 1 N–H and O–H groups in total. The molecule has 0 aliphatic carbocycles. The van der Waals surface area contributed by atoms with Gasteiger partial charge in [-0.15, -0.1) is 0 Å². The number of carbonyl (C=O) groups excluding carboxylic acids is 1. The van der Waals surface area contributed by atoms with Crippen LogP contribution in [0.1, 0.15) is 31.2 Å². The van der Waals surface area contributed by atoms with E-state index in [1.165, 1.54) is 11.3 Å². The molecule has 3 aromatic carbocycles. The maximum Gasteiger partial charge on any atom is 0.271 e. The molecule has 0 spiro atoms. The third-order valence-electron chi connectivity index (χ3n) is 6.90. The Bertz CT molecular complexity index is 2040. The number of amides is 1. The molecule has 216 valence electrons. The second-order valence-corrected chi connectivity index (χ2v) is 11.6. The molecule has 0 bridgehead atoms. The predicted molar refractivity (Wildman–Crippen MR) is 171 cm³/mol. The number of nitrogens with one attached hydrogen (secondary N) is 1. The van der Waals surface area contributed by atoms with Crippen LogP contribution in [0, 0.1) is 0 Å². The van der Waals surface area contributed by atoms with Crippen LogP contribution in [0.5, 0.6) is 5.75 Å². The van der Waals surface area contributed by atoms with Gasteiger partial charge < -0.3 is 14.5 Å². The van der Waals surface area contributed by atoms with Crippen LogP contribution in [0.2, 0.25) is 10.0 Å². The average molecular weight is 631 g/mol. The van der Waals surface area contributed by atoms with Crippen LogP contribution in [0.3, 0.4) is 0 Å². The number of hydrogen-bond donors (Lipinski definition) is 1. The van der Waals surface area contributed by atoms with Gasteiger partial charge in [0.1, 0.15) is 17.3 Å². The molecule has 2 aromatic heterocycles. The fourth-order valence-corrected chi connectivity index (χ4v) is 6.48. The minimum Gasteiger partial charge on any atom is -0.494 e. The summed E-state index contributed by atoms with van der Waals surface area (Å²) in [7, 11) is 0. The normalized spacial score (nSPS) is 14.8. The number of furan rings is 1. The Morgan fingerprint density at radius 3 is 2.56 bits per heavy atom. The Morgan fingerprint density at radius 1 is 1.07 bits per heavy atom. The lowest BCUT2D eigenvalue weighted by molar-refractivity contribution is -0.113. The molecule has 0 fully saturated rings. The van der Waals surface area contributed by atoms with Gasteiger partial charge in [-0.2, -0.15) is 0 Å². The van der Waals surface area contributed by atoms with E-state index in [4.69, 9.17) is 37.3 Å². The summed E-state index contributed by atoms with van der Waals surface area (Å²) in [5.41, 5.74) is 2.70. The lowest BCUT2D eigenvalue weighted by atomic mass is 9.95. The van der Waals surface area contributed by atoms with Crippen LogP contribution in [0.25, 0.3) is 17.4 Å². The number of aromatic nitrogens is 1. The molecule has 1 atom stereocenters. The Balaban J connectivity index is 1.44. The van der Waals surface area contributed by atoms with Crippen LogP contribution in [-0.4, -0.2) is 17.1 Å². The van der Waals surface area contributed by atoms with Gasteiger partial charge in [-0.1, -0.05) is 64.9 Å². The molecule has 0 unspecified atom stereocenters. The maximum absolute atomic E-state index is 14.0. The Hall–Kier alpha value is -4.37. The number of ether oxygens (including phenoxy) is 1. The maximum atomic E-state index is 14.0. The van der Waals surface area contributed by atoms with Gasteiger partial charge in [0.25, 0.3) is 11.5 Å². The van der Waals surface area contributed by atoms with Crippen molar-refractivity contribution >= 4 is 52.2 Å². The SMILES string of the molecule is CCOc1ccc([C@@H]2C(C(=O)Nc3ccccc3)=C(C)N=c3s/c(=C\c4ccc(-c5ccc(Cl)cc5Cl)o4)c(=O)n32)cc1. The summed E-state index contributed by atoms with van der Waals surface area (Å²) >= 11 is 13.6. The quantitative estimate of drug-likeness (QED) is 0.214. The van der Waals surface area contributed by atoms with Crippen LogP contribution in [0.4, 0.5) is 5.69 Å². The summed E-state index contributed by atoms with van der Waals surface area (Å²) in [6.45, 7) is 4.22. The van der Waals surface area contributed by atoms with Crippen molar-refractivity contribution in [2.45, 2.75) is 19.9 Å². The van der Waals surface area contributed by atoms with Crippen LogP contribution >= 0.6 is 34.5 Å². The second kappa shape index (κ2) is 12.1. The van der Waals surface area contributed by atoms with Crippen molar-refractivity contribution in [3.8, 4) is 17.1 Å². The zero-order valence-corrected chi connectivity index (χ0v) is 25.5. The number of hydrogen-bond acceptors (Lipinski definition) is 6. The summed E-state index contributed by atoms with van der Waals surface area (Å²) in [6.07, 6.45) is 1.68. The summed E-state index contributed by atoms with van der Waals surface area (Å²) in [4.78, 5) is 32.9. The average Bonchev–Trinajstić information content (AvgIpc) is 3.57. The highest BCUT2D eigenvalue weighted by molar-refractivity contribution is 7.07. The lowest BCUT2D eigenvalue weighted by Gasteiger charge is -2.25. The molecule has 43 heavy (non-hydrogen) atoms. The number of anilines is 1. The highest BCUT2D eigenvalue weighted by Crippen LogP contribution is 2.33. The van der Waals surface area contributed by atoms with Crippen LogP contribution in [0.15, 0.2) is 110 Å². The number of allylic oxidation sites excluding steroid dienone is 1. The number of fused-ring (bicyclic) bond motifs is 1. The van der Waals surface area contributed by atoms with Crippen molar-refractivity contribution < 1.29 is 13.9 Å². The number of thiazole rings is 1. The molecular weight excluding hydrogens is 605 g/mol. The van der Waals surface area contributed by atoms with E-state index in [1.807, 2.05) is 61.5 Å². The van der Waals surface area contributed by atoms with E-state index in [2.05, 4.69) is 5.32 Å². The smallest absolute Gasteiger partial charge is 0.271 e. The summed E-state index contributed by atoms with van der Waals surface area (Å²) in [5.74, 6) is 1.38. The molecule has 6 rings (SSSR count). The van der Waals surface area contributed by atoms with E-state index in [0.717, 1.165) is 5.56 Å². The third-order valence-corrected chi connectivity index (χ3v) is 8.43. The standard InChI is InChI=1S/C33H25Cl2N3O4S/c1-3-41-23-12-9-20(10-13-23)30-29(31(39)37-22-7-5-4-6-8-22)19(2)36-33-38(30)32(40)28(43-33)18-24-14-16-27(42-24)25-15-11-21(34)17-26(25)35/h4-18,30H,3H2,1-2H3,(H,37,39)/b28-18-/t30-/m1/s1. The first-order chi connectivity index (χ1) is 20.8. The molecule has 7 nitrogen and oxygen atoms in total. The zero-order valence-electron chi connectivity index (χ0n) is 23.1. The molecule has 1 aliphatic heterocycles. The molecule has 0 saturated carbocycles. The zero-order chi connectivity index (χ0) is 30.1. The molecule has 10 heteroatoms. The van der Waals surface area contributed by atoms with E-state index in [-0.39, 0.29) is 11.5 Å². The number of halogens is 2. The van der Waals surface area contributed by atoms with Crippen molar-refractivity contribution in [2.75, 3.05) is 11.9 Å². The van der Waals surface area contributed by atoms with Gasteiger partial charge in [-0.3, -0.25) is 14.2 Å². The number of para-hydroxylation sites is 1. The molecule has 1 amide bonds. The fraction of sp³-hybridized carbons (Fsp3) is 0.121. The Morgan fingerprint density at radius 2 is 1.84 bits per heavy atom. The van der Waals surface area contributed by atoms with Crippen molar-refractivity contribution in [3.05, 3.63) is 137 Å². The molecule has 0 radical (unpaired) electrons. The molecule has 0 saturated heterocycles. The Labute approximate surface area is 261 Å². The van der Waals surface area contributed by atoms with E-state index >= 15 is 0 Å². The van der Waals surface area contributed by atoms with Gasteiger partial charge in [0.2, 0.25) is 0 Å². The van der Waals surface area contributed by atoms with E-state index in [1.54, 1.807) is 47.9 Å². The van der Waals surface area contributed by atoms with E-state index in [9.17, 15) is 9.59 Å². The number of benzene rings is 3. The van der Waals surface area contributed by atoms with Crippen LogP contribution in [-0.2, 0) is 4.79 Å². The first-order valence-corrected chi connectivity index (χ1v) is 15.1. The van der Waals surface area contributed by atoms with E-state index in [0.29, 0.717) is 65.8 Å². The second-order valence-electron chi connectivity index (χ2n) is 9.73. The largest absolute Gasteiger partial charge is 0.494 e. The molecule has 3 heterocycles. The van der Waals surface area contributed by atoms with Gasteiger partial charge >= 0.3 is 0 Å². The third kappa shape index (κ3) is 5.82. The van der Waals surface area contributed by atoms with Gasteiger partial charge in [0.05, 0.1) is 33.5 Å². The van der Waals surface area contributed by atoms with Crippen molar-refractivity contribution in [3.63, 3.8) is 0 Å². The monoisotopic (exact) mass is 629 g/mol. The van der Waals surface area contributed by atoms with Gasteiger partial charge in [-0.25, -0.2) is 4.99 Å². The number of carbonyl (C=O) groups is 1. The lowest BCUT2D eigenvalue weighted by Crippen LogP contribution is -2.40. The number of nitrogens with zero attached hydrogens (tertiary/aromatic N) is 2. The van der Waals surface area contributed by atoms with E-state index < -0.39 is 6.04 Å². The van der Waals surface area contributed by atoms with Gasteiger partial charge in [0, 0.05) is 22.3 Å². The van der Waals surface area contributed by atoms with Crippen molar-refractivity contribution in [1.82, 2.24) is 4.57 Å². The van der Waals surface area contributed by atoms with Crippen molar-refractivity contribution in [2.24, 2.45) is 4.99 Å². The summed E-state index contributed by atoms with van der Waals surface area (Å²) in [5, 5.41) is 3.94. The first-order valence-electron chi connectivity index (χ1n) is 13.5. The summed E-state index contributed by atoms with van der Waals surface area (Å²) < 4.78 is 13.6. The minimum atomic E-state index is -0.710. The fourth-order valence-electron chi connectivity index (χ4n) is 4.95. The summed E-state index contributed by atoms with van der Waals surface area (Å²) in [6, 6.07) is 24.6. The highest BCUT2D eigenvalue weighted by Gasteiger charge is 2.32. The minimum absolute atomic E-state index is 0.289. The van der Waals surface area contributed by atoms with Crippen LogP contribution < -0.4 is 24.9 Å². The Kier molecular flexibility index (Phi) is 8.08. The van der Waals surface area contributed by atoms with Gasteiger partial charge in [-0.05, 0) is 74.0 Å². The highest BCUT2D eigenvalue weighted by atomic mass is 35.5. The molecule has 1 aliphatic rings. The van der Waals surface area contributed by atoms with Gasteiger partial charge in [0.15, 0.2) is 4.80 Å². The molecular formula is C33H25Cl2N3O4S.